The summed E-state index contributed by atoms with van der Waals surface area (Å²) >= 11 is 0. The molecular weight excluding hydrogens is 469 g/mol. The van der Waals surface area contributed by atoms with Crippen molar-refractivity contribution >= 4 is 29.6 Å². The summed E-state index contributed by atoms with van der Waals surface area (Å²) in [5.74, 6) is -1.85. The van der Waals surface area contributed by atoms with Crippen LogP contribution in [0.2, 0.25) is 0 Å². The van der Waals surface area contributed by atoms with E-state index in [0.717, 1.165) is 12.1 Å². The number of amides is 3. The van der Waals surface area contributed by atoms with Crippen molar-refractivity contribution in [2.24, 2.45) is 5.10 Å². The van der Waals surface area contributed by atoms with Crippen molar-refractivity contribution in [1.29, 1.82) is 0 Å². The number of carbonyl (C=O) groups excluding carboxylic acids is 3. The van der Waals surface area contributed by atoms with Crippen LogP contribution in [0.1, 0.15) is 16.9 Å². The molecule has 1 heterocycles. The normalized spacial score (nSPS) is 11.2. The molecule has 182 valence electrons. The average molecular weight is 488 g/mol. The summed E-state index contributed by atoms with van der Waals surface area (Å²) in [5, 5.41) is 8.23. The minimum atomic E-state index is -4.61. The number of halogens is 3. The van der Waals surface area contributed by atoms with Gasteiger partial charge in [-0.1, -0.05) is 12.1 Å². The summed E-state index contributed by atoms with van der Waals surface area (Å²) in [6.07, 6.45) is -1.89. The molecule has 0 radical (unpaired) electrons. The molecule has 0 saturated carbocycles. The first-order valence-corrected chi connectivity index (χ1v) is 10.0. The fraction of sp³-hybridized carbons (Fsp3) is 0.130. The Hall–Kier alpha value is -4.61. The lowest BCUT2D eigenvalue weighted by molar-refractivity contribution is -0.139. The number of nitrogens with zero attached hydrogens (tertiary/aromatic N) is 1. The third kappa shape index (κ3) is 7.74. The van der Waals surface area contributed by atoms with Crippen LogP contribution in [0.25, 0.3) is 0 Å². The monoisotopic (exact) mass is 488 g/mol. The third-order valence-corrected chi connectivity index (χ3v) is 4.35. The maximum absolute atomic E-state index is 13.0. The second kappa shape index (κ2) is 11.5. The zero-order chi connectivity index (χ0) is 25.3. The molecule has 9 nitrogen and oxygen atoms in total. The Balaban J connectivity index is 1.43. The number of anilines is 1. The molecule has 35 heavy (non-hydrogen) atoms. The van der Waals surface area contributed by atoms with Crippen LogP contribution in [-0.2, 0) is 27.1 Å². The van der Waals surface area contributed by atoms with Gasteiger partial charge in [-0.05, 0) is 54.1 Å². The van der Waals surface area contributed by atoms with Crippen molar-refractivity contribution in [2.75, 3.05) is 11.9 Å². The number of hydrogen-bond donors (Lipinski definition) is 3. The van der Waals surface area contributed by atoms with Crippen LogP contribution in [0.4, 0.5) is 18.9 Å². The second-order valence-electron chi connectivity index (χ2n) is 6.91. The minimum absolute atomic E-state index is 0.0529. The molecule has 3 N–H and O–H groups in total. The molecule has 3 rings (SSSR count). The fourth-order valence-corrected chi connectivity index (χ4v) is 2.70. The van der Waals surface area contributed by atoms with Gasteiger partial charge < -0.3 is 19.8 Å². The molecular formula is C23H19F3N4O5. The lowest BCUT2D eigenvalue weighted by atomic mass is 10.1. The quantitative estimate of drug-likeness (QED) is 0.256. The van der Waals surface area contributed by atoms with Crippen molar-refractivity contribution in [2.45, 2.75) is 12.7 Å². The Morgan fingerprint density at radius 1 is 0.971 bits per heavy atom. The van der Waals surface area contributed by atoms with Gasteiger partial charge in [0.05, 0.1) is 30.3 Å². The van der Waals surface area contributed by atoms with Gasteiger partial charge in [0.2, 0.25) is 0 Å². The molecule has 0 spiro atoms. The second-order valence-corrected chi connectivity index (χ2v) is 6.91. The first-order valence-electron chi connectivity index (χ1n) is 10.0. The summed E-state index contributed by atoms with van der Waals surface area (Å²) in [4.78, 5) is 35.4. The zero-order valence-electron chi connectivity index (χ0n) is 18.0. The first-order chi connectivity index (χ1) is 16.7. The Morgan fingerprint density at radius 2 is 1.71 bits per heavy atom. The van der Waals surface area contributed by atoms with Crippen LogP contribution in [0, 0.1) is 0 Å². The number of nitrogens with one attached hydrogen (secondary N) is 3. The molecule has 1 aromatic heterocycles. The molecule has 0 aliphatic carbocycles. The van der Waals surface area contributed by atoms with Gasteiger partial charge in [-0.3, -0.25) is 14.4 Å². The van der Waals surface area contributed by atoms with Crippen LogP contribution in [-0.4, -0.2) is 30.5 Å². The number of furan rings is 1. The van der Waals surface area contributed by atoms with Gasteiger partial charge >= 0.3 is 18.0 Å². The molecule has 0 fully saturated rings. The smallest absolute Gasteiger partial charge is 0.418 e. The van der Waals surface area contributed by atoms with Crippen molar-refractivity contribution in [3.8, 4) is 5.75 Å². The number of benzene rings is 2. The van der Waals surface area contributed by atoms with E-state index in [1.54, 1.807) is 24.3 Å². The van der Waals surface area contributed by atoms with Crippen LogP contribution >= 0.6 is 0 Å². The van der Waals surface area contributed by atoms with Crippen molar-refractivity contribution in [3.05, 3.63) is 83.8 Å². The van der Waals surface area contributed by atoms with E-state index in [0.29, 0.717) is 11.3 Å². The first kappa shape index (κ1) is 25.0. The van der Waals surface area contributed by atoms with Gasteiger partial charge in [-0.2, -0.15) is 18.3 Å². The Kier molecular flexibility index (Phi) is 8.22. The number of ether oxygens (including phenoxy) is 1. The molecule has 2 aromatic carbocycles. The Morgan fingerprint density at radius 3 is 2.40 bits per heavy atom. The van der Waals surface area contributed by atoms with E-state index in [-0.39, 0.29) is 18.0 Å². The highest BCUT2D eigenvalue weighted by Gasteiger charge is 2.33. The van der Waals surface area contributed by atoms with E-state index in [9.17, 15) is 27.6 Å². The van der Waals surface area contributed by atoms with Crippen LogP contribution in [0.5, 0.6) is 5.75 Å². The lowest BCUT2D eigenvalue weighted by Crippen LogP contribution is -2.37. The Labute approximate surface area is 197 Å². The standard InChI is InChI=1S/C23H19F3N4O5/c24-23(25,26)18-5-1-2-6-19(18)29-20(31)14-35-16-9-7-15(8-10-16)12-28-30-22(33)21(32)27-13-17-4-3-11-34-17/h1-12H,13-14H2,(H,27,32)(H,29,31)(H,30,33)/b28-12-. The van der Waals surface area contributed by atoms with Crippen molar-refractivity contribution < 1.29 is 36.7 Å². The molecule has 0 unspecified atom stereocenters. The van der Waals surface area contributed by atoms with Crippen molar-refractivity contribution in [3.63, 3.8) is 0 Å². The van der Waals surface area contributed by atoms with Crippen LogP contribution in [0.15, 0.2) is 76.4 Å². The SMILES string of the molecule is O=C(COc1ccc(/C=N\NC(=O)C(=O)NCc2ccco2)cc1)Nc1ccccc1C(F)(F)F. The highest BCUT2D eigenvalue weighted by molar-refractivity contribution is 6.35. The summed E-state index contributed by atoms with van der Waals surface area (Å²) in [6.45, 7) is -0.458. The van der Waals surface area contributed by atoms with E-state index >= 15 is 0 Å². The minimum Gasteiger partial charge on any atom is -0.484 e. The van der Waals surface area contributed by atoms with Gasteiger partial charge in [0.15, 0.2) is 6.61 Å². The van der Waals surface area contributed by atoms with Gasteiger partial charge in [-0.15, -0.1) is 0 Å². The van der Waals surface area contributed by atoms with Gasteiger partial charge in [-0.25, -0.2) is 5.43 Å². The van der Waals surface area contributed by atoms with Crippen LogP contribution in [0.3, 0.4) is 0 Å². The number of carbonyl (C=O) groups is 3. The van der Waals surface area contributed by atoms with E-state index in [1.165, 1.54) is 36.7 Å². The largest absolute Gasteiger partial charge is 0.484 e. The highest BCUT2D eigenvalue weighted by Crippen LogP contribution is 2.34. The number of rotatable bonds is 8. The highest BCUT2D eigenvalue weighted by atomic mass is 19.4. The van der Waals surface area contributed by atoms with Crippen molar-refractivity contribution in [1.82, 2.24) is 10.7 Å². The van der Waals surface area contributed by atoms with Crippen LogP contribution < -0.4 is 20.8 Å². The van der Waals surface area contributed by atoms with Gasteiger partial charge in [0.1, 0.15) is 11.5 Å². The zero-order valence-corrected chi connectivity index (χ0v) is 18.0. The molecule has 0 aliphatic heterocycles. The molecule has 3 amide bonds. The van der Waals surface area contributed by atoms with E-state index in [4.69, 9.17) is 9.15 Å². The Bertz CT molecular complexity index is 1190. The maximum Gasteiger partial charge on any atom is 0.418 e. The van der Waals surface area contributed by atoms with E-state index in [1.807, 2.05) is 0 Å². The third-order valence-electron chi connectivity index (χ3n) is 4.35. The molecule has 0 bridgehead atoms. The molecule has 12 heteroatoms. The summed E-state index contributed by atoms with van der Waals surface area (Å²) < 4.78 is 49.3. The fourth-order valence-electron chi connectivity index (χ4n) is 2.70. The predicted octanol–water partition coefficient (Wildman–Crippen LogP) is 3.08. The summed E-state index contributed by atoms with van der Waals surface area (Å²) in [6, 6.07) is 14.0. The van der Waals surface area contributed by atoms with E-state index in [2.05, 4.69) is 21.2 Å². The summed E-state index contributed by atoms with van der Waals surface area (Å²) in [5.41, 5.74) is 1.29. The predicted molar refractivity (Wildman–Crippen MR) is 118 cm³/mol. The molecule has 0 atom stereocenters. The molecule has 0 aliphatic rings. The maximum atomic E-state index is 13.0. The van der Waals surface area contributed by atoms with E-state index < -0.39 is 36.1 Å². The number of para-hydroxylation sites is 1. The van der Waals surface area contributed by atoms with Gasteiger partial charge in [0, 0.05) is 0 Å². The number of hydrogen-bond acceptors (Lipinski definition) is 6. The molecule has 3 aromatic rings. The summed E-state index contributed by atoms with van der Waals surface area (Å²) in [7, 11) is 0. The number of alkyl halides is 3. The number of hydrazone groups is 1. The topological polar surface area (TPSA) is 122 Å². The van der Waals surface area contributed by atoms with Gasteiger partial charge in [0.25, 0.3) is 5.91 Å². The average Bonchev–Trinajstić information content (AvgIpc) is 3.35. The lowest BCUT2D eigenvalue weighted by Gasteiger charge is -2.13. The molecule has 0 saturated heterocycles.